The van der Waals surface area contributed by atoms with E-state index < -0.39 is 29.2 Å². The normalized spacial score (nSPS) is 11.4. The molecule has 0 atom stereocenters. The summed E-state index contributed by atoms with van der Waals surface area (Å²) in [4.78, 5) is 23.8. The fourth-order valence-corrected chi connectivity index (χ4v) is 3.22. The molecule has 3 heterocycles. The molecule has 4 rings (SSSR count). The molecule has 0 aliphatic carbocycles. The van der Waals surface area contributed by atoms with Gasteiger partial charge in [-0.3, -0.25) is 4.79 Å². The zero-order valence-electron chi connectivity index (χ0n) is 17.0. The lowest BCUT2D eigenvalue weighted by Gasteiger charge is -2.13. The molecule has 0 saturated carbocycles. The van der Waals surface area contributed by atoms with E-state index in [2.05, 4.69) is 25.4 Å². The summed E-state index contributed by atoms with van der Waals surface area (Å²) < 4.78 is 61.7. The van der Waals surface area contributed by atoms with E-state index in [9.17, 15) is 22.4 Å². The van der Waals surface area contributed by atoms with Crippen molar-refractivity contribution in [3.63, 3.8) is 0 Å². The first kappa shape index (κ1) is 24.2. The van der Waals surface area contributed by atoms with Crippen molar-refractivity contribution in [1.29, 1.82) is 0 Å². The maximum atomic E-state index is 14.5. The first-order chi connectivity index (χ1) is 16.6. The van der Waals surface area contributed by atoms with Crippen LogP contribution in [0.1, 0.15) is 16.1 Å². The van der Waals surface area contributed by atoms with Gasteiger partial charge in [-0.25, -0.2) is 19.0 Å². The lowest BCUT2D eigenvalue weighted by molar-refractivity contribution is -0.143. The molecule has 1 aromatic carbocycles. The molecule has 0 unspecified atom stereocenters. The van der Waals surface area contributed by atoms with Crippen molar-refractivity contribution < 1.29 is 27.1 Å². The third kappa shape index (κ3) is 4.95. The van der Waals surface area contributed by atoms with Gasteiger partial charge >= 0.3 is 6.18 Å². The van der Waals surface area contributed by atoms with Crippen LogP contribution in [0.25, 0.3) is 5.82 Å². The number of nitrogens with one attached hydrogen (secondary N) is 1. The van der Waals surface area contributed by atoms with Gasteiger partial charge in [0.1, 0.15) is 17.2 Å². The number of nitrogens with two attached hydrogens (primary N) is 1. The van der Waals surface area contributed by atoms with Crippen LogP contribution in [0.4, 0.5) is 29.1 Å². The Morgan fingerprint density at radius 1 is 1.14 bits per heavy atom. The highest BCUT2D eigenvalue weighted by Crippen LogP contribution is 2.35. The number of anilines is 2. The summed E-state index contributed by atoms with van der Waals surface area (Å²) in [6.45, 7) is 0. The molecular formula is C20H11Cl2F4N7O2. The number of hydrogen-bond acceptors (Lipinski definition) is 7. The Morgan fingerprint density at radius 2 is 1.91 bits per heavy atom. The first-order valence-electron chi connectivity index (χ1n) is 9.37. The Labute approximate surface area is 203 Å². The second-order valence-electron chi connectivity index (χ2n) is 6.70. The van der Waals surface area contributed by atoms with Crippen LogP contribution in [0.2, 0.25) is 10.0 Å². The third-order valence-corrected chi connectivity index (χ3v) is 5.05. The molecule has 15 heteroatoms. The van der Waals surface area contributed by atoms with Gasteiger partial charge < -0.3 is 15.8 Å². The number of nitrogens with zero attached hydrogens (tertiary/aromatic N) is 5. The van der Waals surface area contributed by atoms with Gasteiger partial charge in [0.05, 0.1) is 16.8 Å². The van der Waals surface area contributed by atoms with Gasteiger partial charge in [-0.05, 0) is 24.3 Å². The number of carbonyl (C=O) groups excluding carboxylic acids is 1. The van der Waals surface area contributed by atoms with Crippen LogP contribution in [0.15, 0.2) is 49.1 Å². The molecule has 0 spiro atoms. The number of pyridine rings is 1. The van der Waals surface area contributed by atoms with Gasteiger partial charge in [0.15, 0.2) is 23.1 Å². The molecule has 3 N–H and O–H groups in total. The Balaban J connectivity index is 1.61. The maximum absolute atomic E-state index is 14.5. The zero-order valence-corrected chi connectivity index (χ0v) is 18.5. The van der Waals surface area contributed by atoms with E-state index >= 15 is 0 Å². The van der Waals surface area contributed by atoms with Crippen LogP contribution >= 0.6 is 23.2 Å². The molecule has 4 aromatic rings. The van der Waals surface area contributed by atoms with Crippen LogP contribution in [0.3, 0.4) is 0 Å². The minimum Gasteiger partial charge on any atom is -0.434 e. The summed E-state index contributed by atoms with van der Waals surface area (Å²) >= 11 is 11.8. The van der Waals surface area contributed by atoms with Crippen molar-refractivity contribution in [1.82, 2.24) is 24.7 Å². The Kier molecular flexibility index (Phi) is 6.45. The lowest BCUT2D eigenvalue weighted by atomic mass is 10.2. The van der Waals surface area contributed by atoms with Crippen molar-refractivity contribution >= 4 is 40.6 Å². The number of benzene rings is 1. The molecule has 1 amide bonds. The van der Waals surface area contributed by atoms with Gasteiger partial charge in [-0.2, -0.15) is 23.3 Å². The minimum atomic E-state index is -4.99. The van der Waals surface area contributed by atoms with Gasteiger partial charge in [-0.1, -0.05) is 23.2 Å². The van der Waals surface area contributed by atoms with Crippen molar-refractivity contribution in [2.24, 2.45) is 0 Å². The van der Waals surface area contributed by atoms with Gasteiger partial charge in [0, 0.05) is 18.0 Å². The summed E-state index contributed by atoms with van der Waals surface area (Å²) in [6.07, 6.45) is -2.01. The van der Waals surface area contributed by atoms with Crippen molar-refractivity contribution in [2.45, 2.75) is 6.18 Å². The Bertz CT molecular complexity index is 1430. The van der Waals surface area contributed by atoms with Crippen LogP contribution in [0.5, 0.6) is 11.6 Å². The Hall–Kier alpha value is -3.97. The molecule has 0 fully saturated rings. The lowest BCUT2D eigenvalue weighted by Crippen LogP contribution is -2.21. The smallest absolute Gasteiger partial charge is 0.434 e. The minimum absolute atomic E-state index is 0.0889. The van der Waals surface area contributed by atoms with E-state index in [0.29, 0.717) is 10.9 Å². The zero-order chi connectivity index (χ0) is 25.3. The molecule has 0 aliphatic heterocycles. The van der Waals surface area contributed by atoms with E-state index in [4.69, 9.17) is 33.7 Å². The number of rotatable bonds is 5. The highest BCUT2D eigenvalue weighted by molar-refractivity contribution is 6.34. The van der Waals surface area contributed by atoms with E-state index in [0.717, 1.165) is 18.5 Å². The molecule has 3 aromatic heterocycles. The van der Waals surface area contributed by atoms with Crippen LogP contribution in [-0.2, 0) is 6.18 Å². The molecule has 180 valence electrons. The third-order valence-electron chi connectivity index (χ3n) is 4.40. The number of nitrogen functional groups attached to an aromatic ring is 1. The largest absolute Gasteiger partial charge is 0.434 e. The fraction of sp³-hybridized carbons (Fsp3) is 0.0500. The van der Waals surface area contributed by atoms with Gasteiger partial charge in [-0.15, -0.1) is 0 Å². The van der Waals surface area contributed by atoms with E-state index in [-0.39, 0.29) is 39.0 Å². The highest BCUT2D eigenvalue weighted by atomic mass is 35.5. The summed E-state index contributed by atoms with van der Waals surface area (Å²) in [5.41, 5.74) is 3.13. The average molecular weight is 528 g/mol. The maximum Gasteiger partial charge on any atom is 0.434 e. The van der Waals surface area contributed by atoms with Crippen molar-refractivity contribution in [2.75, 3.05) is 11.1 Å². The number of ether oxygens (including phenoxy) is 1. The number of hydrogen-bond donors (Lipinski definition) is 2. The second-order valence-corrected chi connectivity index (χ2v) is 7.49. The van der Waals surface area contributed by atoms with Gasteiger partial charge in [0.25, 0.3) is 5.91 Å². The quantitative estimate of drug-likeness (QED) is 0.344. The van der Waals surface area contributed by atoms with Gasteiger partial charge in [0.2, 0.25) is 5.88 Å². The fourth-order valence-electron chi connectivity index (χ4n) is 2.88. The summed E-state index contributed by atoms with van der Waals surface area (Å²) in [7, 11) is 0. The summed E-state index contributed by atoms with van der Waals surface area (Å²) in [5.74, 6) is -3.13. The number of carbonyl (C=O) groups is 1. The molecule has 0 saturated heterocycles. The van der Waals surface area contributed by atoms with Crippen LogP contribution in [0, 0.1) is 5.82 Å². The average Bonchev–Trinajstić information content (AvgIpc) is 3.25. The number of aromatic nitrogens is 5. The monoisotopic (exact) mass is 527 g/mol. The van der Waals surface area contributed by atoms with Crippen molar-refractivity contribution in [3.8, 4) is 17.4 Å². The predicted molar refractivity (Wildman–Crippen MR) is 117 cm³/mol. The Morgan fingerprint density at radius 3 is 2.60 bits per heavy atom. The van der Waals surface area contributed by atoms with Crippen molar-refractivity contribution in [3.05, 3.63) is 76.2 Å². The molecular weight excluding hydrogens is 517 g/mol. The van der Waals surface area contributed by atoms with Crippen LogP contribution < -0.4 is 15.8 Å². The number of halogens is 6. The van der Waals surface area contributed by atoms with E-state index in [1.807, 2.05) is 0 Å². The molecule has 0 aliphatic rings. The van der Waals surface area contributed by atoms with E-state index in [1.165, 1.54) is 24.4 Å². The topological polar surface area (TPSA) is 121 Å². The molecule has 9 nitrogen and oxygen atoms in total. The standard InChI is InChI=1S/C20H11Cl2F4N7O2/c21-11-2-1-5-28-17(11)33-15(20(24,25)26)10(7-31-33)18(34)32-9-3-4-13(12(23)6-9)35-19-14(22)16(27)29-8-30-19/h1-8H,(H,32,34)(H2,27,29,30). The number of alkyl halides is 3. The highest BCUT2D eigenvalue weighted by Gasteiger charge is 2.41. The predicted octanol–water partition coefficient (Wildman–Crippen LogP) is 5.15. The SMILES string of the molecule is Nc1ncnc(Oc2ccc(NC(=O)c3cnn(-c4ncccc4Cl)c3C(F)(F)F)cc2F)c1Cl. The molecule has 35 heavy (non-hydrogen) atoms. The first-order valence-corrected chi connectivity index (χ1v) is 10.1. The van der Waals surface area contributed by atoms with Crippen LogP contribution in [-0.4, -0.2) is 30.6 Å². The molecule has 0 bridgehead atoms. The van der Waals surface area contributed by atoms with E-state index in [1.54, 1.807) is 0 Å². The molecule has 0 radical (unpaired) electrons. The number of amides is 1. The second kappa shape index (κ2) is 9.35. The summed E-state index contributed by atoms with van der Waals surface area (Å²) in [6, 6.07) is 5.88. The summed E-state index contributed by atoms with van der Waals surface area (Å²) in [5, 5.41) is 5.56.